The molecule has 1 saturated carbocycles. The lowest BCUT2D eigenvalue weighted by atomic mass is 9.80. The number of nitrogens with zero attached hydrogens (tertiary/aromatic N) is 2. The number of hydrogen-bond donors (Lipinski definition) is 3. The van der Waals surface area contributed by atoms with E-state index in [1.165, 1.54) is 19.3 Å². The van der Waals surface area contributed by atoms with Crippen molar-refractivity contribution in [3.8, 4) is 0 Å². The summed E-state index contributed by atoms with van der Waals surface area (Å²) >= 11 is 1.61. The zero-order valence-electron chi connectivity index (χ0n) is 11.9. The molecule has 3 rings (SSSR count). The molecule has 0 amide bonds. The molecule has 0 aliphatic heterocycles. The summed E-state index contributed by atoms with van der Waals surface area (Å²) in [5.41, 5.74) is 2.55. The average Bonchev–Trinajstić information content (AvgIpc) is 2.85. The molecule has 6 heteroatoms. The third-order valence-corrected chi connectivity index (χ3v) is 4.78. The quantitative estimate of drug-likeness (QED) is 0.598. The van der Waals surface area contributed by atoms with Gasteiger partial charge in [-0.05, 0) is 42.5 Å². The van der Waals surface area contributed by atoms with Crippen LogP contribution in [0.2, 0.25) is 0 Å². The van der Waals surface area contributed by atoms with E-state index in [0.29, 0.717) is 12.0 Å². The van der Waals surface area contributed by atoms with E-state index in [4.69, 9.17) is 5.84 Å². The summed E-state index contributed by atoms with van der Waals surface area (Å²) in [6.07, 6.45) is 3.72. The standard InChI is InChI=1S/C14H21N5S/c1-8-5-9(2)7-10(6-8)16-12-11-3-4-20-13(11)18-14(17-12)19-15/h3-4,8-10H,5-7,15H2,1-2H3,(H2,16,17,18,19). The van der Waals surface area contributed by atoms with E-state index < -0.39 is 0 Å². The predicted octanol–water partition coefficient (Wildman–Crippen LogP) is 3.21. The van der Waals surface area contributed by atoms with Crippen LogP contribution in [0.15, 0.2) is 11.4 Å². The van der Waals surface area contributed by atoms with Gasteiger partial charge in [-0.15, -0.1) is 11.3 Å². The van der Waals surface area contributed by atoms with Crippen molar-refractivity contribution in [3.05, 3.63) is 11.4 Å². The Hall–Kier alpha value is -1.40. The average molecular weight is 291 g/mol. The van der Waals surface area contributed by atoms with Gasteiger partial charge < -0.3 is 5.32 Å². The highest BCUT2D eigenvalue weighted by Gasteiger charge is 2.24. The molecule has 0 radical (unpaired) electrons. The fraction of sp³-hybridized carbons (Fsp3) is 0.571. The van der Waals surface area contributed by atoms with Crippen molar-refractivity contribution >= 4 is 33.3 Å². The number of anilines is 2. The highest BCUT2D eigenvalue weighted by atomic mass is 32.1. The van der Waals surface area contributed by atoms with E-state index in [2.05, 4.69) is 40.6 Å². The second-order valence-corrected chi connectivity index (χ2v) is 6.83. The van der Waals surface area contributed by atoms with Gasteiger partial charge in [0, 0.05) is 6.04 Å². The number of fused-ring (bicyclic) bond motifs is 1. The normalized spacial score (nSPS) is 26.6. The largest absolute Gasteiger partial charge is 0.367 e. The van der Waals surface area contributed by atoms with Crippen LogP contribution in [0.4, 0.5) is 11.8 Å². The van der Waals surface area contributed by atoms with Crippen LogP contribution < -0.4 is 16.6 Å². The van der Waals surface area contributed by atoms with Gasteiger partial charge in [-0.25, -0.2) is 10.8 Å². The molecule has 2 unspecified atom stereocenters. The first-order valence-electron chi connectivity index (χ1n) is 7.14. The molecule has 4 N–H and O–H groups in total. The summed E-state index contributed by atoms with van der Waals surface area (Å²) in [4.78, 5) is 9.82. The number of nitrogens with two attached hydrogens (primary N) is 1. The van der Waals surface area contributed by atoms with Gasteiger partial charge in [-0.1, -0.05) is 13.8 Å². The van der Waals surface area contributed by atoms with Crippen molar-refractivity contribution in [3.63, 3.8) is 0 Å². The Balaban J connectivity index is 1.87. The minimum absolute atomic E-state index is 0.472. The van der Waals surface area contributed by atoms with Gasteiger partial charge in [0.15, 0.2) is 0 Å². The van der Waals surface area contributed by atoms with Crippen molar-refractivity contribution in [2.75, 3.05) is 10.7 Å². The van der Waals surface area contributed by atoms with Gasteiger partial charge in [0.1, 0.15) is 10.6 Å². The summed E-state index contributed by atoms with van der Waals surface area (Å²) in [6.45, 7) is 4.66. The SMILES string of the molecule is CC1CC(C)CC(Nc2nc(NN)nc3sccc23)C1. The summed E-state index contributed by atoms with van der Waals surface area (Å²) in [6, 6.07) is 2.55. The van der Waals surface area contributed by atoms with Crippen molar-refractivity contribution in [1.82, 2.24) is 9.97 Å². The van der Waals surface area contributed by atoms with Gasteiger partial charge in [0.2, 0.25) is 5.95 Å². The van der Waals surface area contributed by atoms with Gasteiger partial charge in [0.05, 0.1) is 5.39 Å². The molecule has 1 fully saturated rings. The molecular weight excluding hydrogens is 270 g/mol. The fourth-order valence-corrected chi connectivity index (χ4v) is 4.05. The molecular formula is C14H21N5S. The Labute approximate surface area is 123 Å². The molecule has 2 heterocycles. The minimum atomic E-state index is 0.472. The van der Waals surface area contributed by atoms with Crippen LogP contribution in [-0.2, 0) is 0 Å². The van der Waals surface area contributed by atoms with Crippen LogP contribution in [0.5, 0.6) is 0 Å². The predicted molar refractivity (Wildman–Crippen MR) is 84.8 cm³/mol. The highest BCUT2D eigenvalue weighted by molar-refractivity contribution is 7.16. The summed E-state index contributed by atoms with van der Waals surface area (Å²) in [7, 11) is 0. The fourth-order valence-electron chi connectivity index (χ4n) is 3.29. The maximum Gasteiger partial charge on any atom is 0.240 e. The Kier molecular flexibility index (Phi) is 3.76. The third kappa shape index (κ3) is 2.71. The second-order valence-electron chi connectivity index (χ2n) is 5.94. The van der Waals surface area contributed by atoms with E-state index in [-0.39, 0.29) is 0 Å². The number of rotatable bonds is 3. The highest BCUT2D eigenvalue weighted by Crippen LogP contribution is 2.32. The monoisotopic (exact) mass is 291 g/mol. The number of thiophene rings is 1. The molecule has 0 spiro atoms. The zero-order valence-corrected chi connectivity index (χ0v) is 12.7. The van der Waals surface area contributed by atoms with Gasteiger partial charge >= 0.3 is 0 Å². The molecule has 20 heavy (non-hydrogen) atoms. The van der Waals surface area contributed by atoms with Crippen molar-refractivity contribution < 1.29 is 0 Å². The van der Waals surface area contributed by atoms with Crippen molar-refractivity contribution in [1.29, 1.82) is 0 Å². The van der Waals surface area contributed by atoms with E-state index >= 15 is 0 Å². The van der Waals surface area contributed by atoms with E-state index in [1.807, 2.05) is 5.38 Å². The van der Waals surface area contributed by atoms with Crippen LogP contribution in [0.3, 0.4) is 0 Å². The van der Waals surface area contributed by atoms with Crippen LogP contribution in [0.1, 0.15) is 33.1 Å². The molecule has 2 atom stereocenters. The Morgan fingerprint density at radius 2 is 1.95 bits per heavy atom. The summed E-state index contributed by atoms with van der Waals surface area (Å²) in [5.74, 6) is 8.36. The molecule has 0 saturated heterocycles. The van der Waals surface area contributed by atoms with Crippen molar-refractivity contribution in [2.24, 2.45) is 17.7 Å². The van der Waals surface area contributed by atoms with Crippen LogP contribution in [0.25, 0.3) is 10.2 Å². The lowest BCUT2D eigenvalue weighted by Crippen LogP contribution is -2.30. The minimum Gasteiger partial charge on any atom is -0.367 e. The number of nitrogens with one attached hydrogen (secondary N) is 2. The van der Waals surface area contributed by atoms with E-state index in [1.54, 1.807) is 11.3 Å². The molecule has 108 valence electrons. The van der Waals surface area contributed by atoms with Crippen LogP contribution in [0, 0.1) is 11.8 Å². The first kappa shape index (κ1) is 13.6. The smallest absolute Gasteiger partial charge is 0.240 e. The summed E-state index contributed by atoms with van der Waals surface area (Å²) < 4.78 is 0. The third-order valence-electron chi connectivity index (χ3n) is 3.97. The molecule has 0 aromatic carbocycles. The maximum atomic E-state index is 5.46. The molecule has 5 nitrogen and oxygen atoms in total. The van der Waals surface area contributed by atoms with E-state index in [0.717, 1.165) is 27.9 Å². The molecule has 2 aromatic heterocycles. The number of hydrogen-bond acceptors (Lipinski definition) is 6. The van der Waals surface area contributed by atoms with Gasteiger partial charge in [0.25, 0.3) is 0 Å². The zero-order chi connectivity index (χ0) is 14.1. The molecule has 0 bridgehead atoms. The number of nitrogen functional groups attached to an aromatic ring is 1. The lowest BCUT2D eigenvalue weighted by molar-refractivity contribution is 0.280. The van der Waals surface area contributed by atoms with E-state index in [9.17, 15) is 0 Å². The Morgan fingerprint density at radius 1 is 1.20 bits per heavy atom. The van der Waals surface area contributed by atoms with Crippen LogP contribution >= 0.6 is 11.3 Å². The first-order chi connectivity index (χ1) is 9.65. The number of aromatic nitrogens is 2. The molecule has 1 aliphatic rings. The Bertz CT molecular complexity index is 586. The summed E-state index contributed by atoms with van der Waals surface area (Å²) in [5, 5.41) is 6.73. The molecule has 1 aliphatic carbocycles. The van der Waals surface area contributed by atoms with Crippen LogP contribution in [-0.4, -0.2) is 16.0 Å². The van der Waals surface area contributed by atoms with Gasteiger partial charge in [-0.3, -0.25) is 5.43 Å². The second kappa shape index (κ2) is 5.54. The maximum absolute atomic E-state index is 5.46. The lowest BCUT2D eigenvalue weighted by Gasteiger charge is -2.32. The first-order valence-corrected chi connectivity index (χ1v) is 8.02. The number of hydrazine groups is 1. The van der Waals surface area contributed by atoms with Crippen molar-refractivity contribution in [2.45, 2.75) is 39.2 Å². The molecule has 2 aromatic rings. The Morgan fingerprint density at radius 3 is 2.65 bits per heavy atom. The van der Waals surface area contributed by atoms with Gasteiger partial charge in [-0.2, -0.15) is 4.98 Å². The topological polar surface area (TPSA) is 75.9 Å².